The van der Waals surface area contributed by atoms with Gasteiger partial charge in [0.05, 0.1) is 23.9 Å². The van der Waals surface area contributed by atoms with Crippen LogP contribution in [-0.2, 0) is 6.42 Å². The number of hydrogen-bond acceptors (Lipinski definition) is 6. The molecule has 0 radical (unpaired) electrons. The van der Waals surface area contributed by atoms with Crippen molar-refractivity contribution in [3.8, 4) is 17.0 Å². The minimum Gasteiger partial charge on any atom is -0.497 e. The second-order valence-corrected chi connectivity index (χ2v) is 7.17. The van der Waals surface area contributed by atoms with E-state index in [4.69, 9.17) is 9.72 Å². The summed E-state index contributed by atoms with van der Waals surface area (Å²) in [7, 11) is 1.63. The summed E-state index contributed by atoms with van der Waals surface area (Å²) >= 11 is 1.38. The van der Waals surface area contributed by atoms with Crippen LogP contribution in [0.25, 0.3) is 22.2 Å². The predicted octanol–water partition coefficient (Wildman–Crippen LogP) is 4.58. The second-order valence-electron chi connectivity index (χ2n) is 6.11. The molecule has 2 aromatic carbocycles. The smallest absolute Gasteiger partial charge is 0.258 e. The minimum atomic E-state index is -0.229. The third-order valence-corrected chi connectivity index (χ3v) is 5.32. The van der Waals surface area contributed by atoms with Crippen molar-refractivity contribution in [2.24, 2.45) is 0 Å². The molecule has 2 heterocycles. The van der Waals surface area contributed by atoms with Crippen molar-refractivity contribution in [3.05, 3.63) is 65.2 Å². The first-order valence-electron chi connectivity index (χ1n) is 8.86. The lowest BCUT2D eigenvalue weighted by Gasteiger charge is -2.10. The highest BCUT2D eigenvalue weighted by Gasteiger charge is 2.16. The summed E-state index contributed by atoms with van der Waals surface area (Å²) in [5.74, 6) is 0.540. The number of aryl methyl sites for hydroxylation is 1. The van der Waals surface area contributed by atoms with Crippen LogP contribution in [0, 0.1) is 0 Å². The number of para-hydroxylation sites is 1. The van der Waals surface area contributed by atoms with Gasteiger partial charge in [0.15, 0.2) is 0 Å². The van der Waals surface area contributed by atoms with Crippen LogP contribution < -0.4 is 10.1 Å². The number of carbonyl (C=O) groups excluding carboxylic acids is 1. The Labute approximate surface area is 166 Å². The number of nitrogens with one attached hydrogen (secondary N) is 1. The summed E-state index contributed by atoms with van der Waals surface area (Å²) in [6.45, 7) is 2.00. The fourth-order valence-electron chi connectivity index (χ4n) is 2.88. The lowest BCUT2D eigenvalue weighted by Crippen LogP contribution is -2.13. The maximum Gasteiger partial charge on any atom is 0.258 e. The van der Waals surface area contributed by atoms with Gasteiger partial charge >= 0.3 is 0 Å². The molecule has 4 aromatic rings. The maximum atomic E-state index is 13.0. The molecule has 1 N–H and O–H groups in total. The average Bonchev–Trinajstić information content (AvgIpc) is 3.20. The molecule has 0 aliphatic heterocycles. The number of methoxy groups -OCH3 is 1. The Bertz CT molecular complexity index is 1140. The zero-order valence-electron chi connectivity index (χ0n) is 15.5. The monoisotopic (exact) mass is 390 g/mol. The molecule has 7 heteroatoms. The van der Waals surface area contributed by atoms with E-state index in [0.717, 1.165) is 39.3 Å². The summed E-state index contributed by atoms with van der Waals surface area (Å²) in [6, 6.07) is 17.0. The summed E-state index contributed by atoms with van der Waals surface area (Å²) < 4.78 is 5.22. The summed E-state index contributed by atoms with van der Waals surface area (Å²) in [6.07, 6.45) is 0.785. The molecule has 1 amide bonds. The van der Waals surface area contributed by atoms with Crippen LogP contribution in [0.3, 0.4) is 0 Å². The quantitative estimate of drug-likeness (QED) is 0.540. The maximum absolute atomic E-state index is 13.0. The van der Waals surface area contributed by atoms with Crippen molar-refractivity contribution in [1.82, 2.24) is 15.2 Å². The fourth-order valence-corrected chi connectivity index (χ4v) is 3.56. The molecular weight excluding hydrogens is 372 g/mol. The number of ether oxygens (including phenoxy) is 1. The highest BCUT2D eigenvalue weighted by molar-refractivity contribution is 7.15. The third-order valence-electron chi connectivity index (χ3n) is 4.34. The Morgan fingerprint density at radius 1 is 1.11 bits per heavy atom. The minimum absolute atomic E-state index is 0.229. The van der Waals surface area contributed by atoms with Gasteiger partial charge in [0.25, 0.3) is 5.91 Å². The highest BCUT2D eigenvalue weighted by Crippen LogP contribution is 2.27. The van der Waals surface area contributed by atoms with E-state index in [-0.39, 0.29) is 5.91 Å². The van der Waals surface area contributed by atoms with Crippen molar-refractivity contribution in [3.63, 3.8) is 0 Å². The Morgan fingerprint density at radius 3 is 2.61 bits per heavy atom. The number of amides is 1. The standard InChI is InChI=1S/C21H18N4O2S/c1-3-19-24-25-21(28-19)23-20(26)16-12-18(13-8-10-14(27-2)11-9-13)22-17-7-5-4-6-15(16)17/h4-12H,3H2,1-2H3,(H,23,25,26). The van der Waals surface area contributed by atoms with Gasteiger partial charge in [-0.15, -0.1) is 10.2 Å². The van der Waals surface area contributed by atoms with Crippen LogP contribution in [0.1, 0.15) is 22.3 Å². The molecule has 140 valence electrons. The van der Waals surface area contributed by atoms with Crippen molar-refractivity contribution >= 4 is 33.3 Å². The molecule has 0 atom stereocenters. The lowest BCUT2D eigenvalue weighted by molar-refractivity contribution is 0.102. The van der Waals surface area contributed by atoms with Gasteiger partial charge in [-0.3, -0.25) is 10.1 Å². The number of rotatable bonds is 5. The molecule has 0 spiro atoms. The molecule has 2 aromatic heterocycles. The van der Waals surface area contributed by atoms with Crippen LogP contribution in [0.4, 0.5) is 5.13 Å². The Morgan fingerprint density at radius 2 is 1.89 bits per heavy atom. The van der Waals surface area contributed by atoms with Gasteiger partial charge in [-0.05, 0) is 42.8 Å². The van der Waals surface area contributed by atoms with Crippen molar-refractivity contribution in [2.75, 3.05) is 12.4 Å². The lowest BCUT2D eigenvalue weighted by atomic mass is 10.0. The van der Waals surface area contributed by atoms with E-state index in [0.29, 0.717) is 10.7 Å². The molecule has 0 saturated carbocycles. The molecule has 0 unspecified atom stereocenters. The number of fused-ring (bicyclic) bond motifs is 1. The van der Waals surface area contributed by atoms with E-state index >= 15 is 0 Å². The fraction of sp³-hybridized carbons (Fsp3) is 0.143. The summed E-state index contributed by atoms with van der Waals surface area (Å²) in [5.41, 5.74) is 2.93. The molecule has 0 bridgehead atoms. The zero-order valence-corrected chi connectivity index (χ0v) is 16.3. The zero-order chi connectivity index (χ0) is 19.5. The largest absolute Gasteiger partial charge is 0.497 e. The first-order valence-corrected chi connectivity index (χ1v) is 9.67. The predicted molar refractivity (Wildman–Crippen MR) is 111 cm³/mol. The van der Waals surface area contributed by atoms with Crippen molar-refractivity contribution in [1.29, 1.82) is 0 Å². The number of benzene rings is 2. The van der Waals surface area contributed by atoms with Crippen LogP contribution in [0.2, 0.25) is 0 Å². The average molecular weight is 390 g/mol. The molecule has 6 nitrogen and oxygen atoms in total. The Kier molecular flexibility index (Phi) is 4.99. The van der Waals surface area contributed by atoms with E-state index in [2.05, 4.69) is 15.5 Å². The number of anilines is 1. The molecule has 0 fully saturated rings. The van der Waals surface area contributed by atoms with Crippen molar-refractivity contribution < 1.29 is 9.53 Å². The normalized spacial score (nSPS) is 10.8. The second kappa shape index (κ2) is 7.74. The van der Waals surface area contributed by atoms with E-state index < -0.39 is 0 Å². The number of hydrogen-bond donors (Lipinski definition) is 1. The molecule has 0 saturated heterocycles. The number of pyridine rings is 1. The molecular formula is C21H18N4O2S. The number of nitrogens with zero attached hydrogens (tertiary/aromatic N) is 3. The Hall–Kier alpha value is -3.32. The van der Waals surface area contributed by atoms with Gasteiger partial charge in [0.1, 0.15) is 10.8 Å². The van der Waals surface area contributed by atoms with Gasteiger partial charge in [0, 0.05) is 10.9 Å². The van der Waals surface area contributed by atoms with Gasteiger partial charge < -0.3 is 4.74 Å². The van der Waals surface area contributed by atoms with Crippen LogP contribution >= 0.6 is 11.3 Å². The molecule has 0 aliphatic carbocycles. The van der Waals surface area contributed by atoms with Gasteiger partial charge in [-0.2, -0.15) is 0 Å². The van der Waals surface area contributed by atoms with E-state index in [1.165, 1.54) is 11.3 Å². The van der Waals surface area contributed by atoms with Crippen LogP contribution in [-0.4, -0.2) is 28.2 Å². The van der Waals surface area contributed by atoms with Gasteiger partial charge in [-0.1, -0.05) is 36.5 Å². The first kappa shape index (κ1) is 18.1. The van der Waals surface area contributed by atoms with Crippen molar-refractivity contribution in [2.45, 2.75) is 13.3 Å². The van der Waals surface area contributed by atoms with Crippen LogP contribution in [0.15, 0.2) is 54.6 Å². The summed E-state index contributed by atoms with van der Waals surface area (Å²) in [4.78, 5) is 17.7. The Balaban J connectivity index is 1.76. The first-order chi connectivity index (χ1) is 13.7. The van der Waals surface area contributed by atoms with Gasteiger partial charge in [0.2, 0.25) is 5.13 Å². The number of aromatic nitrogens is 3. The molecule has 4 rings (SSSR count). The van der Waals surface area contributed by atoms with E-state index in [9.17, 15) is 4.79 Å². The van der Waals surface area contributed by atoms with Gasteiger partial charge in [-0.25, -0.2) is 4.98 Å². The van der Waals surface area contributed by atoms with Crippen LogP contribution in [0.5, 0.6) is 5.75 Å². The number of carbonyl (C=O) groups is 1. The topological polar surface area (TPSA) is 77.0 Å². The molecule has 28 heavy (non-hydrogen) atoms. The molecule has 0 aliphatic rings. The van der Waals surface area contributed by atoms with E-state index in [1.54, 1.807) is 13.2 Å². The third kappa shape index (κ3) is 3.57. The SMILES string of the molecule is CCc1nnc(NC(=O)c2cc(-c3ccc(OC)cc3)nc3ccccc23)s1. The summed E-state index contributed by atoms with van der Waals surface area (Å²) in [5, 5.41) is 13.1. The highest BCUT2D eigenvalue weighted by atomic mass is 32.1. The van der Waals surface area contributed by atoms with E-state index in [1.807, 2.05) is 55.5 Å².